The predicted molar refractivity (Wildman–Crippen MR) is 107 cm³/mol. The molecule has 27 heavy (non-hydrogen) atoms. The molecule has 2 aliphatic rings. The van der Waals surface area contributed by atoms with Gasteiger partial charge in [0.25, 0.3) is 0 Å². The summed E-state index contributed by atoms with van der Waals surface area (Å²) >= 11 is 6.21. The summed E-state index contributed by atoms with van der Waals surface area (Å²) in [5, 5.41) is 13.6. The summed E-state index contributed by atoms with van der Waals surface area (Å²) in [4.78, 5) is 15.0. The Bertz CT molecular complexity index is 634. The summed E-state index contributed by atoms with van der Waals surface area (Å²) < 4.78 is 4.93. The maximum atomic E-state index is 13.0. The van der Waals surface area contributed by atoms with Crippen LogP contribution in [0.1, 0.15) is 49.3 Å². The molecule has 0 spiro atoms. The summed E-state index contributed by atoms with van der Waals surface area (Å²) in [6, 6.07) is 6.27. The molecule has 1 unspecified atom stereocenters. The molecule has 1 aliphatic carbocycles. The number of hydrogen-bond donors (Lipinski definition) is 2. The van der Waals surface area contributed by atoms with E-state index in [0.717, 1.165) is 18.0 Å². The Kier molecular flexibility index (Phi) is 7.53. The molecular formula is C21H31ClN2O3. The first kappa shape index (κ1) is 20.6. The van der Waals surface area contributed by atoms with E-state index in [2.05, 4.69) is 22.3 Å². The van der Waals surface area contributed by atoms with Crippen molar-refractivity contribution in [1.29, 1.82) is 0 Å². The summed E-state index contributed by atoms with van der Waals surface area (Å²) in [6.45, 7) is 1.60. The lowest BCUT2D eigenvalue weighted by atomic mass is 9.77. The van der Waals surface area contributed by atoms with Gasteiger partial charge in [-0.2, -0.15) is 0 Å². The first-order valence-electron chi connectivity index (χ1n) is 10.1. The van der Waals surface area contributed by atoms with E-state index in [0.29, 0.717) is 12.5 Å². The lowest BCUT2D eigenvalue weighted by Crippen LogP contribution is -2.47. The van der Waals surface area contributed by atoms with Gasteiger partial charge in [0.15, 0.2) is 0 Å². The zero-order chi connectivity index (χ0) is 19.2. The Hall–Kier alpha value is -1.14. The standard InChI is InChI=1S/C21H31ClN2O3/c1-27-14-18(25)12-23-13-20(26)24-10-9-16-11-17(22)7-8-19(16)21(24)15-5-3-2-4-6-15/h7-8,11,15,18,21,23,25H,2-6,9-10,12-14H2,1H3/t18-,21?/m0/s1. The largest absolute Gasteiger partial charge is 0.389 e. The molecule has 1 heterocycles. The maximum absolute atomic E-state index is 13.0. The van der Waals surface area contributed by atoms with Crippen LogP contribution < -0.4 is 5.32 Å². The van der Waals surface area contributed by atoms with Gasteiger partial charge in [-0.15, -0.1) is 0 Å². The molecule has 1 aliphatic heterocycles. The van der Waals surface area contributed by atoms with Crippen molar-refractivity contribution in [2.45, 2.75) is 50.7 Å². The second-order valence-corrected chi connectivity index (χ2v) is 8.20. The number of fused-ring (bicyclic) bond motifs is 1. The van der Waals surface area contributed by atoms with Crippen LogP contribution in [0.4, 0.5) is 0 Å². The molecule has 2 N–H and O–H groups in total. The smallest absolute Gasteiger partial charge is 0.237 e. The molecule has 150 valence electrons. The highest BCUT2D eigenvalue weighted by atomic mass is 35.5. The first-order chi connectivity index (χ1) is 13.1. The normalized spacial score (nSPS) is 21.7. The van der Waals surface area contributed by atoms with Gasteiger partial charge in [0.2, 0.25) is 5.91 Å². The number of amides is 1. The highest BCUT2D eigenvalue weighted by Gasteiger charge is 2.36. The Morgan fingerprint density at radius 1 is 1.37 bits per heavy atom. The number of ether oxygens (including phenoxy) is 1. The van der Waals surface area contributed by atoms with Crippen LogP contribution in [0.25, 0.3) is 0 Å². The Morgan fingerprint density at radius 3 is 2.89 bits per heavy atom. The third-order valence-electron chi connectivity index (χ3n) is 5.81. The van der Waals surface area contributed by atoms with Crippen molar-refractivity contribution in [2.75, 3.05) is 33.4 Å². The number of nitrogens with one attached hydrogen (secondary N) is 1. The van der Waals surface area contributed by atoms with Crippen LogP contribution in [0.5, 0.6) is 0 Å². The molecule has 2 atom stereocenters. The van der Waals surface area contributed by atoms with Crippen molar-refractivity contribution in [3.63, 3.8) is 0 Å². The molecule has 1 aromatic rings. The van der Waals surface area contributed by atoms with Gasteiger partial charge in [0, 0.05) is 25.2 Å². The van der Waals surface area contributed by atoms with E-state index >= 15 is 0 Å². The highest BCUT2D eigenvalue weighted by molar-refractivity contribution is 6.30. The first-order valence-corrected chi connectivity index (χ1v) is 10.4. The van der Waals surface area contributed by atoms with E-state index in [1.165, 1.54) is 43.2 Å². The fourth-order valence-electron chi connectivity index (χ4n) is 4.56. The van der Waals surface area contributed by atoms with Gasteiger partial charge in [-0.1, -0.05) is 36.9 Å². The van der Waals surface area contributed by atoms with Crippen molar-refractivity contribution in [2.24, 2.45) is 5.92 Å². The van der Waals surface area contributed by atoms with Crippen molar-refractivity contribution < 1.29 is 14.6 Å². The van der Waals surface area contributed by atoms with Gasteiger partial charge in [-0.25, -0.2) is 0 Å². The molecule has 3 rings (SSSR count). The third-order valence-corrected chi connectivity index (χ3v) is 6.05. The van der Waals surface area contributed by atoms with E-state index in [-0.39, 0.29) is 25.1 Å². The highest BCUT2D eigenvalue weighted by Crippen LogP contribution is 2.42. The average molecular weight is 395 g/mol. The Labute approximate surface area is 167 Å². The average Bonchev–Trinajstić information content (AvgIpc) is 2.67. The van der Waals surface area contributed by atoms with Crippen molar-refractivity contribution in [3.8, 4) is 0 Å². The lowest BCUT2D eigenvalue weighted by Gasteiger charge is -2.43. The molecule has 0 aromatic heterocycles. The SMILES string of the molecule is COC[C@@H](O)CNCC(=O)N1CCc2cc(Cl)ccc2C1C1CCCCC1. The van der Waals surface area contributed by atoms with Gasteiger partial charge in [0.1, 0.15) is 0 Å². The minimum absolute atomic E-state index is 0.107. The fourth-order valence-corrected chi connectivity index (χ4v) is 4.76. The summed E-state index contributed by atoms with van der Waals surface area (Å²) in [5.74, 6) is 0.623. The molecule has 0 saturated heterocycles. The van der Waals surface area contributed by atoms with Crippen LogP contribution in [0, 0.1) is 5.92 Å². The Balaban J connectivity index is 1.72. The molecule has 0 radical (unpaired) electrons. The topological polar surface area (TPSA) is 61.8 Å². The van der Waals surface area contributed by atoms with Crippen molar-refractivity contribution in [1.82, 2.24) is 10.2 Å². The van der Waals surface area contributed by atoms with Crippen LogP contribution in [0.2, 0.25) is 5.02 Å². The number of benzene rings is 1. The number of nitrogens with zero attached hydrogens (tertiary/aromatic N) is 1. The maximum Gasteiger partial charge on any atom is 0.237 e. The molecule has 6 heteroatoms. The van der Waals surface area contributed by atoms with E-state index in [4.69, 9.17) is 16.3 Å². The molecule has 1 amide bonds. The fraction of sp³-hybridized carbons (Fsp3) is 0.667. The number of methoxy groups -OCH3 is 1. The van der Waals surface area contributed by atoms with E-state index in [1.807, 2.05) is 6.07 Å². The summed E-state index contributed by atoms with van der Waals surface area (Å²) in [5.41, 5.74) is 2.55. The van der Waals surface area contributed by atoms with Crippen LogP contribution in [-0.2, 0) is 16.0 Å². The Morgan fingerprint density at radius 2 is 2.15 bits per heavy atom. The molecule has 0 bridgehead atoms. The second-order valence-electron chi connectivity index (χ2n) is 7.76. The zero-order valence-corrected chi connectivity index (χ0v) is 16.9. The van der Waals surface area contributed by atoms with Crippen molar-refractivity contribution in [3.05, 3.63) is 34.3 Å². The van der Waals surface area contributed by atoms with E-state index in [1.54, 1.807) is 7.11 Å². The quantitative estimate of drug-likeness (QED) is 0.746. The van der Waals surface area contributed by atoms with Gasteiger partial charge < -0.3 is 20.1 Å². The second kappa shape index (κ2) is 9.87. The zero-order valence-electron chi connectivity index (χ0n) is 16.1. The molecular weight excluding hydrogens is 364 g/mol. The van der Waals surface area contributed by atoms with Gasteiger partial charge in [-0.05, 0) is 48.4 Å². The van der Waals surface area contributed by atoms with Gasteiger partial charge in [0.05, 0.1) is 25.3 Å². The van der Waals surface area contributed by atoms with Crippen LogP contribution >= 0.6 is 11.6 Å². The minimum Gasteiger partial charge on any atom is -0.389 e. The predicted octanol–water partition coefficient (Wildman–Crippen LogP) is 2.94. The monoisotopic (exact) mass is 394 g/mol. The van der Waals surface area contributed by atoms with E-state index < -0.39 is 6.10 Å². The lowest BCUT2D eigenvalue weighted by molar-refractivity contribution is -0.135. The number of carbonyl (C=O) groups is 1. The number of hydrogen-bond acceptors (Lipinski definition) is 4. The molecule has 5 nitrogen and oxygen atoms in total. The van der Waals surface area contributed by atoms with Crippen LogP contribution in [0.3, 0.4) is 0 Å². The van der Waals surface area contributed by atoms with Gasteiger partial charge in [-0.3, -0.25) is 4.79 Å². The molecule has 1 fully saturated rings. The molecule has 1 saturated carbocycles. The number of aliphatic hydroxyl groups excluding tert-OH is 1. The van der Waals surface area contributed by atoms with Crippen LogP contribution in [0.15, 0.2) is 18.2 Å². The van der Waals surface area contributed by atoms with Crippen molar-refractivity contribution >= 4 is 17.5 Å². The number of halogens is 1. The van der Waals surface area contributed by atoms with Gasteiger partial charge >= 0.3 is 0 Å². The summed E-state index contributed by atoms with van der Waals surface area (Å²) in [6.07, 6.45) is 6.38. The number of carbonyl (C=O) groups excluding carboxylic acids is 1. The van der Waals surface area contributed by atoms with E-state index in [9.17, 15) is 9.90 Å². The molecule has 1 aromatic carbocycles. The number of aliphatic hydroxyl groups is 1. The minimum atomic E-state index is -0.596. The summed E-state index contributed by atoms with van der Waals surface area (Å²) in [7, 11) is 1.56. The third kappa shape index (κ3) is 5.23. The van der Waals surface area contributed by atoms with Crippen LogP contribution in [-0.4, -0.2) is 55.4 Å². The number of rotatable bonds is 7.